The number of nitrogens with zero attached hydrogens (tertiary/aromatic N) is 2. The zero-order chi connectivity index (χ0) is 18.4. The molecule has 0 spiro atoms. The molecule has 8 heteroatoms. The van der Waals surface area contributed by atoms with Crippen LogP contribution in [0.1, 0.15) is 41.3 Å². The highest BCUT2D eigenvalue weighted by molar-refractivity contribution is 9.10. The van der Waals surface area contributed by atoms with Crippen LogP contribution >= 0.6 is 15.9 Å². The zero-order valence-corrected chi connectivity index (χ0v) is 15.3. The Morgan fingerprint density at radius 3 is 2.64 bits per heavy atom. The van der Waals surface area contributed by atoms with Crippen LogP contribution in [0.5, 0.6) is 0 Å². The van der Waals surface area contributed by atoms with E-state index in [1.54, 1.807) is 0 Å². The number of rotatable bonds is 4. The predicted octanol–water partition coefficient (Wildman–Crippen LogP) is 4.80. The van der Waals surface area contributed by atoms with Crippen molar-refractivity contribution < 1.29 is 18.0 Å². The molecule has 1 aliphatic rings. The first kappa shape index (κ1) is 18.0. The Morgan fingerprint density at radius 2 is 2.04 bits per heavy atom. The van der Waals surface area contributed by atoms with Crippen molar-refractivity contribution in [1.29, 1.82) is 0 Å². The molecular formula is C17H17BrF3N3O. The average molecular weight is 416 g/mol. The Hall–Kier alpha value is -1.83. The van der Waals surface area contributed by atoms with Crippen LogP contribution < -0.4 is 5.32 Å². The van der Waals surface area contributed by atoms with Crippen LogP contribution in [0.15, 0.2) is 22.7 Å². The third-order valence-corrected chi connectivity index (χ3v) is 4.91. The van der Waals surface area contributed by atoms with Crippen molar-refractivity contribution in [3.8, 4) is 0 Å². The minimum atomic E-state index is -4.56. The summed E-state index contributed by atoms with van der Waals surface area (Å²) in [6.45, 7) is 3.51. The number of aromatic nitrogens is 2. The Kier molecular flexibility index (Phi) is 4.66. The van der Waals surface area contributed by atoms with Crippen molar-refractivity contribution in [2.45, 2.75) is 45.3 Å². The highest BCUT2D eigenvalue weighted by Crippen LogP contribution is 2.46. The number of amides is 1. The molecule has 134 valence electrons. The fourth-order valence-corrected chi connectivity index (χ4v) is 3.53. The van der Waals surface area contributed by atoms with Crippen molar-refractivity contribution in [2.24, 2.45) is 0 Å². The van der Waals surface area contributed by atoms with Crippen molar-refractivity contribution in [1.82, 2.24) is 9.78 Å². The third-order valence-electron chi connectivity index (χ3n) is 4.12. The number of carbonyl (C=O) groups is 1. The SMILES string of the molecule is Cc1ccc(C)c(NC(=O)Cn2nc(C(F)(F)F)c(Br)c2C2CC2)c1. The molecule has 25 heavy (non-hydrogen) atoms. The average Bonchev–Trinajstić information content (AvgIpc) is 3.26. The lowest BCUT2D eigenvalue weighted by Gasteiger charge is -2.11. The summed E-state index contributed by atoms with van der Waals surface area (Å²) in [5, 5.41) is 6.41. The molecule has 0 aliphatic heterocycles. The van der Waals surface area contributed by atoms with Gasteiger partial charge in [-0.3, -0.25) is 9.48 Å². The topological polar surface area (TPSA) is 46.9 Å². The molecule has 3 rings (SSSR count). The van der Waals surface area contributed by atoms with Gasteiger partial charge in [-0.25, -0.2) is 0 Å². The number of nitrogens with one attached hydrogen (secondary N) is 1. The normalized spacial score (nSPS) is 14.6. The molecule has 0 unspecified atom stereocenters. The van der Waals surface area contributed by atoms with Crippen LogP contribution in [0.4, 0.5) is 18.9 Å². The minimum Gasteiger partial charge on any atom is -0.324 e. The maximum atomic E-state index is 13.1. The molecule has 1 N–H and O–H groups in total. The molecule has 1 heterocycles. The summed E-state index contributed by atoms with van der Waals surface area (Å²) in [5.41, 5.74) is 2.00. The smallest absolute Gasteiger partial charge is 0.324 e. The lowest BCUT2D eigenvalue weighted by Crippen LogP contribution is -2.21. The summed E-state index contributed by atoms with van der Waals surface area (Å²) in [6.07, 6.45) is -2.95. The zero-order valence-electron chi connectivity index (χ0n) is 13.7. The molecule has 0 bridgehead atoms. The highest BCUT2D eigenvalue weighted by atomic mass is 79.9. The highest BCUT2D eigenvalue weighted by Gasteiger charge is 2.41. The summed E-state index contributed by atoms with van der Waals surface area (Å²) in [5.74, 6) is -0.384. The molecule has 1 aromatic carbocycles. The Morgan fingerprint density at radius 1 is 1.36 bits per heavy atom. The number of halogens is 4. The second kappa shape index (κ2) is 6.48. The van der Waals surface area contributed by atoms with E-state index < -0.39 is 17.8 Å². The Labute approximate surface area is 151 Å². The fourth-order valence-electron chi connectivity index (χ4n) is 2.70. The van der Waals surface area contributed by atoms with E-state index in [4.69, 9.17) is 0 Å². The van der Waals surface area contributed by atoms with Gasteiger partial charge in [0.2, 0.25) is 5.91 Å². The molecule has 4 nitrogen and oxygen atoms in total. The molecule has 1 fully saturated rings. The Balaban J connectivity index is 1.85. The lowest BCUT2D eigenvalue weighted by molar-refractivity contribution is -0.142. The van der Waals surface area contributed by atoms with Gasteiger partial charge in [-0.2, -0.15) is 18.3 Å². The van der Waals surface area contributed by atoms with Gasteiger partial charge < -0.3 is 5.32 Å². The van der Waals surface area contributed by atoms with Gasteiger partial charge in [0.15, 0.2) is 5.69 Å². The largest absolute Gasteiger partial charge is 0.436 e. The van der Waals surface area contributed by atoms with E-state index in [-0.39, 0.29) is 16.9 Å². The summed E-state index contributed by atoms with van der Waals surface area (Å²) in [4.78, 5) is 12.3. The molecule has 1 saturated carbocycles. The fraction of sp³-hybridized carbons (Fsp3) is 0.412. The van der Waals surface area contributed by atoms with Crippen molar-refractivity contribution in [2.75, 3.05) is 5.32 Å². The van der Waals surface area contributed by atoms with Gasteiger partial charge in [-0.05, 0) is 59.8 Å². The van der Waals surface area contributed by atoms with Crippen LogP contribution in [0.3, 0.4) is 0 Å². The predicted molar refractivity (Wildman–Crippen MR) is 91.4 cm³/mol. The number of alkyl halides is 3. The molecule has 1 aliphatic carbocycles. The van der Waals surface area contributed by atoms with Gasteiger partial charge in [-0.1, -0.05) is 12.1 Å². The standard InChI is InChI=1S/C17H17BrF3N3O/c1-9-3-4-10(2)12(7-9)22-13(25)8-24-15(11-5-6-11)14(18)16(23-24)17(19,20)21/h3-4,7,11H,5-6,8H2,1-2H3,(H,22,25). The van der Waals surface area contributed by atoms with Gasteiger partial charge in [0.05, 0.1) is 10.2 Å². The minimum absolute atomic E-state index is 0.0199. The van der Waals surface area contributed by atoms with Crippen molar-refractivity contribution in [3.05, 3.63) is 45.2 Å². The van der Waals surface area contributed by atoms with Gasteiger partial charge in [0, 0.05) is 11.6 Å². The lowest BCUT2D eigenvalue weighted by atomic mass is 10.1. The maximum absolute atomic E-state index is 13.1. The van der Waals surface area contributed by atoms with Crippen LogP contribution in [0, 0.1) is 13.8 Å². The van der Waals surface area contributed by atoms with Crippen molar-refractivity contribution in [3.63, 3.8) is 0 Å². The number of aryl methyl sites for hydroxylation is 2. The second-order valence-corrected chi connectivity index (χ2v) is 7.14. The molecule has 2 aromatic rings. The first-order chi connectivity index (χ1) is 11.7. The molecule has 1 amide bonds. The monoisotopic (exact) mass is 415 g/mol. The van der Waals surface area contributed by atoms with Crippen LogP contribution in [0.2, 0.25) is 0 Å². The number of hydrogen-bond donors (Lipinski definition) is 1. The number of carbonyl (C=O) groups excluding carboxylic acids is 1. The molecular weight excluding hydrogens is 399 g/mol. The molecule has 0 atom stereocenters. The summed E-state index contributed by atoms with van der Waals surface area (Å²) in [6, 6.07) is 5.64. The van der Waals surface area contributed by atoms with Crippen LogP contribution in [-0.4, -0.2) is 15.7 Å². The number of anilines is 1. The molecule has 1 aromatic heterocycles. The van der Waals surface area contributed by atoms with Crippen LogP contribution in [-0.2, 0) is 17.5 Å². The summed E-state index contributed by atoms with van der Waals surface area (Å²) >= 11 is 3.02. The van der Waals surface area contributed by atoms with Gasteiger partial charge in [-0.15, -0.1) is 0 Å². The van der Waals surface area contributed by atoms with Gasteiger partial charge in [0.25, 0.3) is 0 Å². The summed E-state index contributed by atoms with van der Waals surface area (Å²) in [7, 11) is 0. The van der Waals surface area contributed by atoms with E-state index in [1.165, 1.54) is 4.68 Å². The van der Waals surface area contributed by atoms with E-state index in [9.17, 15) is 18.0 Å². The first-order valence-corrected chi connectivity index (χ1v) is 8.66. The van der Waals surface area contributed by atoms with Gasteiger partial charge in [0.1, 0.15) is 6.54 Å². The van der Waals surface area contributed by atoms with E-state index >= 15 is 0 Å². The van der Waals surface area contributed by atoms with Crippen LogP contribution in [0.25, 0.3) is 0 Å². The Bertz CT molecular complexity index is 825. The van der Waals surface area contributed by atoms with Crippen molar-refractivity contribution >= 4 is 27.5 Å². The summed E-state index contributed by atoms with van der Waals surface area (Å²) < 4.78 is 40.4. The van der Waals surface area contributed by atoms with E-state index in [2.05, 4.69) is 26.3 Å². The van der Waals surface area contributed by atoms with E-state index in [0.29, 0.717) is 11.4 Å². The van der Waals surface area contributed by atoms with E-state index in [1.807, 2.05) is 32.0 Å². The molecule has 0 saturated heterocycles. The first-order valence-electron chi connectivity index (χ1n) is 7.87. The quantitative estimate of drug-likeness (QED) is 0.779. The number of hydrogen-bond acceptors (Lipinski definition) is 2. The third kappa shape index (κ3) is 3.89. The number of benzene rings is 1. The molecule has 0 radical (unpaired) electrons. The van der Waals surface area contributed by atoms with E-state index in [0.717, 1.165) is 24.0 Å². The second-order valence-electron chi connectivity index (χ2n) is 6.34. The maximum Gasteiger partial charge on any atom is 0.436 e. The van der Waals surface area contributed by atoms with Gasteiger partial charge >= 0.3 is 6.18 Å².